The quantitative estimate of drug-likeness (QED) is 0.709. The van der Waals surface area contributed by atoms with Crippen molar-refractivity contribution in [2.24, 2.45) is 5.92 Å². The van der Waals surface area contributed by atoms with Crippen LogP contribution in [-0.4, -0.2) is 38.5 Å². The van der Waals surface area contributed by atoms with E-state index < -0.39 is 9.84 Å². The van der Waals surface area contributed by atoms with Crippen molar-refractivity contribution in [2.45, 2.75) is 45.1 Å². The summed E-state index contributed by atoms with van der Waals surface area (Å²) in [6.07, 6.45) is 4.90. The lowest BCUT2D eigenvalue weighted by Crippen LogP contribution is -2.36. The number of ether oxygens (including phenoxy) is 1. The number of fused-ring (bicyclic) bond motifs is 1. The molecule has 0 bridgehead atoms. The van der Waals surface area contributed by atoms with Crippen LogP contribution in [0.2, 0.25) is 0 Å². The molecule has 2 atom stereocenters. The molecule has 132 valence electrons. The van der Waals surface area contributed by atoms with E-state index in [4.69, 9.17) is 4.74 Å². The number of benzene rings is 1. The molecule has 6 heteroatoms. The number of sulfone groups is 1. The first-order valence-electron chi connectivity index (χ1n) is 8.75. The summed E-state index contributed by atoms with van der Waals surface area (Å²) >= 11 is 0. The minimum absolute atomic E-state index is 0.0139. The average Bonchev–Trinajstić information content (AvgIpc) is 2.97. The average molecular weight is 351 g/mol. The molecule has 0 unspecified atom stereocenters. The summed E-state index contributed by atoms with van der Waals surface area (Å²) in [5.41, 5.74) is 0.746. The van der Waals surface area contributed by atoms with Crippen LogP contribution in [0.15, 0.2) is 24.3 Å². The van der Waals surface area contributed by atoms with Gasteiger partial charge in [-0.1, -0.05) is 32.3 Å². The van der Waals surface area contributed by atoms with Crippen molar-refractivity contribution in [3.63, 3.8) is 0 Å². The van der Waals surface area contributed by atoms with Gasteiger partial charge in [0.25, 0.3) is 0 Å². The highest BCUT2D eigenvalue weighted by molar-refractivity contribution is 7.91. The van der Waals surface area contributed by atoms with Crippen molar-refractivity contribution < 1.29 is 17.9 Å². The van der Waals surface area contributed by atoms with Crippen molar-refractivity contribution in [2.75, 3.05) is 23.0 Å². The molecule has 2 fully saturated rings. The Morgan fingerprint density at radius 2 is 2.04 bits per heavy atom. The SMILES string of the molecule is CCCCCCOc1cccc(N2C(=O)C[C@@H]3CS(=O)(=O)C[C@@H]32)c1. The molecule has 2 heterocycles. The third-order valence-electron chi connectivity index (χ3n) is 4.84. The van der Waals surface area contributed by atoms with Gasteiger partial charge in [-0.3, -0.25) is 4.79 Å². The van der Waals surface area contributed by atoms with Crippen molar-refractivity contribution in [1.82, 2.24) is 0 Å². The Kier molecular flexibility index (Phi) is 5.13. The lowest BCUT2D eigenvalue weighted by molar-refractivity contribution is -0.117. The van der Waals surface area contributed by atoms with Gasteiger partial charge < -0.3 is 9.64 Å². The van der Waals surface area contributed by atoms with Crippen LogP contribution in [-0.2, 0) is 14.6 Å². The van der Waals surface area contributed by atoms with Crippen LogP contribution in [0.3, 0.4) is 0 Å². The summed E-state index contributed by atoms with van der Waals surface area (Å²) in [7, 11) is -3.03. The molecule has 0 radical (unpaired) electrons. The van der Waals surface area contributed by atoms with E-state index in [1.54, 1.807) is 4.90 Å². The smallest absolute Gasteiger partial charge is 0.227 e. The summed E-state index contributed by atoms with van der Waals surface area (Å²) < 4.78 is 29.5. The van der Waals surface area contributed by atoms with Crippen LogP contribution < -0.4 is 9.64 Å². The molecule has 2 aliphatic heterocycles. The van der Waals surface area contributed by atoms with Crippen molar-refractivity contribution in [1.29, 1.82) is 0 Å². The van der Waals surface area contributed by atoms with Gasteiger partial charge in [-0.25, -0.2) is 8.42 Å². The molecule has 0 saturated carbocycles. The monoisotopic (exact) mass is 351 g/mol. The molecule has 0 aliphatic carbocycles. The van der Waals surface area contributed by atoms with E-state index in [1.165, 1.54) is 12.8 Å². The summed E-state index contributed by atoms with van der Waals surface area (Å²) in [4.78, 5) is 14.0. The van der Waals surface area contributed by atoms with E-state index in [1.807, 2.05) is 24.3 Å². The molecule has 0 N–H and O–H groups in total. The van der Waals surface area contributed by atoms with E-state index in [0.29, 0.717) is 13.0 Å². The number of nitrogens with zero attached hydrogens (tertiary/aromatic N) is 1. The van der Waals surface area contributed by atoms with Crippen molar-refractivity contribution in [3.8, 4) is 5.75 Å². The molecule has 5 nitrogen and oxygen atoms in total. The van der Waals surface area contributed by atoms with Crippen molar-refractivity contribution in [3.05, 3.63) is 24.3 Å². The van der Waals surface area contributed by atoms with E-state index in [0.717, 1.165) is 24.3 Å². The van der Waals surface area contributed by atoms with Crippen LogP contribution in [0.4, 0.5) is 5.69 Å². The number of amides is 1. The molecule has 1 aromatic carbocycles. The van der Waals surface area contributed by atoms with Gasteiger partial charge in [-0.15, -0.1) is 0 Å². The number of hydrogen-bond acceptors (Lipinski definition) is 4. The lowest BCUT2D eigenvalue weighted by atomic mass is 10.0. The van der Waals surface area contributed by atoms with Gasteiger partial charge in [0.1, 0.15) is 5.75 Å². The van der Waals surface area contributed by atoms with Crippen LogP contribution in [0, 0.1) is 5.92 Å². The minimum Gasteiger partial charge on any atom is -0.494 e. The zero-order valence-corrected chi connectivity index (χ0v) is 14.9. The maximum Gasteiger partial charge on any atom is 0.227 e. The fourth-order valence-corrected chi connectivity index (χ4v) is 5.74. The van der Waals surface area contributed by atoms with Gasteiger partial charge in [0.05, 0.1) is 24.2 Å². The van der Waals surface area contributed by atoms with E-state index >= 15 is 0 Å². The van der Waals surface area contributed by atoms with Gasteiger partial charge in [0.15, 0.2) is 9.84 Å². The summed E-state index contributed by atoms with van der Waals surface area (Å²) in [5.74, 6) is 0.890. The van der Waals surface area contributed by atoms with Crippen LogP contribution in [0.5, 0.6) is 5.75 Å². The molecular weight excluding hydrogens is 326 g/mol. The largest absolute Gasteiger partial charge is 0.494 e. The first kappa shape index (κ1) is 17.3. The number of carbonyl (C=O) groups excluding carboxylic acids is 1. The van der Waals surface area contributed by atoms with E-state index in [9.17, 15) is 13.2 Å². The minimum atomic E-state index is -3.03. The normalized spacial score (nSPS) is 25.0. The maximum atomic E-state index is 12.3. The third-order valence-corrected chi connectivity index (χ3v) is 6.62. The Hall–Kier alpha value is -1.56. The molecule has 1 aromatic rings. The molecular formula is C18H25NO4S. The molecule has 2 saturated heterocycles. The number of unbranched alkanes of at least 4 members (excludes halogenated alkanes) is 3. The molecule has 24 heavy (non-hydrogen) atoms. The highest BCUT2D eigenvalue weighted by Gasteiger charge is 2.49. The van der Waals surface area contributed by atoms with Gasteiger partial charge in [0, 0.05) is 24.1 Å². The maximum absolute atomic E-state index is 12.3. The Morgan fingerprint density at radius 3 is 2.83 bits per heavy atom. The number of hydrogen-bond donors (Lipinski definition) is 0. The molecule has 3 rings (SSSR count). The van der Waals surface area contributed by atoms with Crippen LogP contribution in [0.25, 0.3) is 0 Å². The first-order chi connectivity index (χ1) is 11.5. The molecule has 0 spiro atoms. The summed E-state index contributed by atoms with van der Waals surface area (Å²) in [6, 6.07) is 7.23. The van der Waals surface area contributed by atoms with Crippen molar-refractivity contribution >= 4 is 21.4 Å². The Labute approximate surface area is 143 Å². The predicted molar refractivity (Wildman–Crippen MR) is 94.1 cm³/mol. The van der Waals surface area contributed by atoms with Gasteiger partial charge >= 0.3 is 0 Å². The second-order valence-electron chi connectivity index (χ2n) is 6.78. The number of anilines is 1. The zero-order valence-electron chi connectivity index (χ0n) is 14.1. The summed E-state index contributed by atoms with van der Waals surface area (Å²) in [5, 5.41) is 0. The van der Waals surface area contributed by atoms with Crippen LogP contribution >= 0.6 is 0 Å². The Morgan fingerprint density at radius 1 is 1.21 bits per heavy atom. The fraction of sp³-hybridized carbons (Fsp3) is 0.611. The number of rotatable bonds is 7. The summed E-state index contributed by atoms with van der Waals surface area (Å²) in [6.45, 7) is 2.84. The highest BCUT2D eigenvalue weighted by atomic mass is 32.2. The third kappa shape index (κ3) is 3.74. The number of carbonyl (C=O) groups is 1. The topological polar surface area (TPSA) is 63.7 Å². The molecule has 1 amide bonds. The van der Waals surface area contributed by atoms with Gasteiger partial charge in [-0.05, 0) is 18.6 Å². The zero-order chi connectivity index (χ0) is 17.2. The van der Waals surface area contributed by atoms with Gasteiger partial charge in [-0.2, -0.15) is 0 Å². The molecule has 2 aliphatic rings. The predicted octanol–water partition coefficient (Wildman–Crippen LogP) is 2.80. The van der Waals surface area contributed by atoms with E-state index in [2.05, 4.69) is 6.92 Å². The fourth-order valence-electron chi connectivity index (χ4n) is 3.67. The van der Waals surface area contributed by atoms with Gasteiger partial charge in [0.2, 0.25) is 5.91 Å². The van der Waals surface area contributed by atoms with Crippen LogP contribution in [0.1, 0.15) is 39.0 Å². The Bertz CT molecular complexity index is 701. The second kappa shape index (κ2) is 7.13. The first-order valence-corrected chi connectivity index (χ1v) is 10.6. The second-order valence-corrected chi connectivity index (χ2v) is 8.93. The standard InChI is InChI=1S/C18H25NO4S/c1-2-3-4-5-9-23-16-8-6-7-15(11-16)19-17-13-24(21,22)12-14(17)10-18(19)20/h6-8,11,14,17H,2-5,9-10,12-13H2,1H3/t14-,17+/m1/s1. The Balaban J connectivity index is 1.68. The lowest BCUT2D eigenvalue weighted by Gasteiger charge is -2.23. The molecule has 0 aromatic heterocycles. The van der Waals surface area contributed by atoms with E-state index in [-0.39, 0.29) is 29.4 Å². The highest BCUT2D eigenvalue weighted by Crippen LogP contribution is 2.38.